The van der Waals surface area contributed by atoms with Crippen molar-refractivity contribution in [3.8, 4) is 5.75 Å². The molecule has 3 rings (SSSR count). The van der Waals surface area contributed by atoms with Crippen molar-refractivity contribution >= 4 is 11.8 Å². The molecule has 0 amide bonds. The van der Waals surface area contributed by atoms with Crippen LogP contribution in [0.15, 0.2) is 35.7 Å². The molecule has 1 aliphatic rings. The number of hydrogen-bond donors (Lipinski definition) is 2. The van der Waals surface area contributed by atoms with Gasteiger partial charge in [-0.25, -0.2) is 0 Å². The number of thioether (sulfide) groups is 1. The lowest BCUT2D eigenvalue weighted by atomic mass is 10.1. The highest BCUT2D eigenvalue weighted by Crippen LogP contribution is 2.14. The van der Waals surface area contributed by atoms with Crippen molar-refractivity contribution in [1.29, 1.82) is 0 Å². The van der Waals surface area contributed by atoms with Crippen molar-refractivity contribution in [2.45, 2.75) is 37.1 Å². The maximum atomic E-state index is 10.2. The van der Waals surface area contributed by atoms with Crippen LogP contribution in [0.3, 0.4) is 0 Å². The highest BCUT2D eigenvalue weighted by atomic mass is 32.2. The zero-order valence-corrected chi connectivity index (χ0v) is 17.4. The third-order valence-electron chi connectivity index (χ3n) is 4.79. The number of benzene rings is 1. The molecule has 28 heavy (non-hydrogen) atoms. The van der Waals surface area contributed by atoms with Crippen LogP contribution in [0.5, 0.6) is 5.75 Å². The SMILES string of the molecule is Cn1cnnc1SCCNCc1ccc(OC[C@@H](O)CN2CCCCC2)cc1. The molecule has 0 radical (unpaired) electrons. The predicted molar refractivity (Wildman–Crippen MR) is 112 cm³/mol. The molecular formula is C20H31N5O2S. The van der Waals surface area contributed by atoms with Crippen molar-refractivity contribution in [2.24, 2.45) is 7.05 Å². The summed E-state index contributed by atoms with van der Waals surface area (Å²) in [6.07, 6.45) is 5.06. The zero-order valence-electron chi connectivity index (χ0n) is 16.6. The summed E-state index contributed by atoms with van der Waals surface area (Å²) in [4.78, 5) is 2.33. The van der Waals surface area contributed by atoms with E-state index in [9.17, 15) is 5.11 Å². The lowest BCUT2D eigenvalue weighted by Crippen LogP contribution is -2.38. The number of aliphatic hydroxyl groups excluding tert-OH is 1. The van der Waals surface area contributed by atoms with Gasteiger partial charge in [0.05, 0.1) is 0 Å². The minimum absolute atomic E-state index is 0.341. The van der Waals surface area contributed by atoms with E-state index in [0.29, 0.717) is 13.2 Å². The van der Waals surface area contributed by atoms with Crippen molar-refractivity contribution in [2.75, 3.05) is 38.5 Å². The maximum Gasteiger partial charge on any atom is 0.190 e. The quantitative estimate of drug-likeness (QED) is 0.437. The van der Waals surface area contributed by atoms with Crippen LogP contribution >= 0.6 is 11.8 Å². The molecule has 0 saturated carbocycles. The van der Waals surface area contributed by atoms with E-state index in [0.717, 1.165) is 42.8 Å². The van der Waals surface area contributed by atoms with E-state index in [4.69, 9.17) is 4.74 Å². The summed E-state index contributed by atoms with van der Waals surface area (Å²) < 4.78 is 7.67. The van der Waals surface area contributed by atoms with Gasteiger partial charge in [-0.1, -0.05) is 30.3 Å². The number of aromatic nitrogens is 3. The molecule has 1 fully saturated rings. The number of nitrogens with zero attached hydrogens (tertiary/aromatic N) is 4. The Labute approximate surface area is 171 Å². The molecule has 1 aromatic carbocycles. The van der Waals surface area contributed by atoms with E-state index in [-0.39, 0.29) is 0 Å². The summed E-state index contributed by atoms with van der Waals surface area (Å²) in [7, 11) is 1.95. The Hall–Kier alpha value is -1.61. The molecule has 8 heteroatoms. The first kappa shape index (κ1) is 21.1. The fourth-order valence-corrected chi connectivity index (χ4v) is 4.02. The zero-order chi connectivity index (χ0) is 19.6. The number of β-amino-alcohol motifs (C(OH)–C–C–N with tert-alkyl or cyclic N) is 1. The Kier molecular flexibility index (Phi) is 8.60. The van der Waals surface area contributed by atoms with Gasteiger partial charge in [-0.2, -0.15) is 0 Å². The second-order valence-electron chi connectivity index (χ2n) is 7.22. The molecule has 2 N–H and O–H groups in total. The summed E-state index contributed by atoms with van der Waals surface area (Å²) in [5.74, 6) is 1.75. The first-order chi connectivity index (χ1) is 13.7. The third kappa shape index (κ3) is 7.09. The largest absolute Gasteiger partial charge is 0.491 e. The van der Waals surface area contributed by atoms with Crippen LogP contribution in [0.4, 0.5) is 0 Å². The van der Waals surface area contributed by atoms with Crippen LogP contribution in [0.2, 0.25) is 0 Å². The average Bonchev–Trinajstić information content (AvgIpc) is 3.12. The molecule has 2 aromatic rings. The van der Waals surface area contributed by atoms with Gasteiger partial charge >= 0.3 is 0 Å². The van der Waals surface area contributed by atoms with Gasteiger partial charge in [-0.3, -0.25) is 0 Å². The molecule has 7 nitrogen and oxygen atoms in total. The van der Waals surface area contributed by atoms with Crippen molar-refractivity contribution < 1.29 is 9.84 Å². The lowest BCUT2D eigenvalue weighted by molar-refractivity contribution is 0.0617. The monoisotopic (exact) mass is 405 g/mol. The van der Waals surface area contributed by atoms with E-state index < -0.39 is 6.10 Å². The van der Waals surface area contributed by atoms with E-state index >= 15 is 0 Å². The van der Waals surface area contributed by atoms with E-state index in [2.05, 4.69) is 32.5 Å². The van der Waals surface area contributed by atoms with Gasteiger partial charge in [-0.05, 0) is 43.6 Å². The summed E-state index contributed by atoms with van der Waals surface area (Å²) in [6, 6.07) is 8.07. The number of piperidine rings is 1. The average molecular weight is 406 g/mol. The van der Waals surface area contributed by atoms with Gasteiger partial charge in [0.25, 0.3) is 0 Å². The minimum atomic E-state index is -0.439. The minimum Gasteiger partial charge on any atom is -0.491 e. The van der Waals surface area contributed by atoms with Gasteiger partial charge in [-0.15, -0.1) is 10.2 Å². The van der Waals surface area contributed by atoms with Gasteiger partial charge < -0.3 is 24.6 Å². The number of hydrogen-bond acceptors (Lipinski definition) is 7. The van der Waals surface area contributed by atoms with Crippen LogP contribution in [0.1, 0.15) is 24.8 Å². The fraction of sp³-hybridized carbons (Fsp3) is 0.600. The number of nitrogens with one attached hydrogen (secondary N) is 1. The Balaban J connectivity index is 1.29. The van der Waals surface area contributed by atoms with Crippen molar-refractivity contribution in [3.05, 3.63) is 36.2 Å². The van der Waals surface area contributed by atoms with Crippen LogP contribution in [-0.2, 0) is 13.6 Å². The second kappa shape index (κ2) is 11.4. The Bertz CT molecular complexity index is 688. The number of likely N-dealkylation sites (tertiary alicyclic amines) is 1. The van der Waals surface area contributed by atoms with Gasteiger partial charge in [0, 0.05) is 32.4 Å². The molecule has 0 bridgehead atoms. The smallest absolute Gasteiger partial charge is 0.190 e. The topological polar surface area (TPSA) is 75.4 Å². The molecule has 1 saturated heterocycles. The third-order valence-corrected chi connectivity index (χ3v) is 5.83. The van der Waals surface area contributed by atoms with E-state index in [1.54, 1.807) is 18.1 Å². The highest BCUT2D eigenvalue weighted by Gasteiger charge is 2.15. The molecule has 0 aliphatic carbocycles. The normalized spacial score (nSPS) is 16.2. The molecule has 1 aromatic heterocycles. The number of aryl methyl sites for hydroxylation is 1. The van der Waals surface area contributed by atoms with Gasteiger partial charge in [0.2, 0.25) is 0 Å². The van der Waals surface area contributed by atoms with E-state index in [1.807, 2.05) is 23.7 Å². The Morgan fingerprint density at radius 1 is 1.21 bits per heavy atom. The summed E-state index contributed by atoms with van der Waals surface area (Å²) in [5.41, 5.74) is 1.21. The molecule has 1 aliphatic heterocycles. The summed E-state index contributed by atoms with van der Waals surface area (Å²) in [5, 5.41) is 22.5. The maximum absolute atomic E-state index is 10.2. The molecule has 2 heterocycles. The van der Waals surface area contributed by atoms with Gasteiger partial charge in [0.15, 0.2) is 5.16 Å². The van der Waals surface area contributed by atoms with Crippen molar-refractivity contribution in [1.82, 2.24) is 25.0 Å². The molecule has 154 valence electrons. The van der Waals surface area contributed by atoms with Crippen molar-refractivity contribution in [3.63, 3.8) is 0 Å². The molecule has 0 spiro atoms. The molecule has 1 atom stereocenters. The van der Waals surface area contributed by atoms with Crippen LogP contribution in [0.25, 0.3) is 0 Å². The number of rotatable bonds is 11. The number of ether oxygens (including phenoxy) is 1. The summed E-state index contributed by atoms with van der Waals surface area (Å²) in [6.45, 7) is 4.95. The first-order valence-corrected chi connectivity index (χ1v) is 11.0. The fourth-order valence-electron chi connectivity index (χ4n) is 3.24. The Morgan fingerprint density at radius 2 is 2.00 bits per heavy atom. The standard InChI is InChI=1S/C20H31N5O2S/c1-24-16-22-23-20(24)28-12-9-21-13-17-5-7-19(8-6-17)27-15-18(26)14-25-10-3-2-4-11-25/h5-8,16,18,21,26H,2-4,9-15H2,1H3/t18-/m0/s1. The number of aliphatic hydroxyl groups is 1. The highest BCUT2D eigenvalue weighted by molar-refractivity contribution is 7.99. The lowest BCUT2D eigenvalue weighted by Gasteiger charge is -2.28. The second-order valence-corrected chi connectivity index (χ2v) is 8.28. The molecule has 0 unspecified atom stereocenters. The van der Waals surface area contributed by atoms with Gasteiger partial charge in [0.1, 0.15) is 24.8 Å². The molecular weight excluding hydrogens is 374 g/mol. The Morgan fingerprint density at radius 3 is 2.71 bits per heavy atom. The summed E-state index contributed by atoms with van der Waals surface area (Å²) >= 11 is 1.69. The van der Waals surface area contributed by atoms with Crippen LogP contribution in [-0.4, -0.2) is 69.4 Å². The van der Waals surface area contributed by atoms with E-state index in [1.165, 1.54) is 24.8 Å². The first-order valence-electron chi connectivity index (χ1n) is 10.0. The van der Waals surface area contributed by atoms with Crippen LogP contribution in [0, 0.1) is 0 Å². The predicted octanol–water partition coefficient (Wildman–Crippen LogP) is 1.92. The van der Waals surface area contributed by atoms with Crippen LogP contribution < -0.4 is 10.1 Å².